The Morgan fingerprint density at radius 3 is 2.48 bits per heavy atom. The Hall–Kier alpha value is -2.44. The summed E-state index contributed by atoms with van der Waals surface area (Å²) < 4.78 is 45.7. The van der Waals surface area contributed by atoms with Crippen LogP contribution in [0.4, 0.5) is 18.9 Å². The van der Waals surface area contributed by atoms with Crippen LogP contribution in [-0.2, 0) is 20.5 Å². The van der Waals surface area contributed by atoms with E-state index in [4.69, 9.17) is 15.7 Å². The molecule has 3 heterocycles. The molecule has 142 valence electrons. The van der Waals surface area contributed by atoms with E-state index in [2.05, 4.69) is 0 Å². The highest BCUT2D eigenvalue weighted by molar-refractivity contribution is 6.23. The van der Waals surface area contributed by atoms with Gasteiger partial charge < -0.3 is 10.5 Å². The number of nitrogens with two attached hydrogens (primary N) is 1. The van der Waals surface area contributed by atoms with E-state index in [9.17, 15) is 22.8 Å². The van der Waals surface area contributed by atoms with Crippen molar-refractivity contribution in [1.82, 2.24) is 0 Å². The molecule has 27 heavy (non-hydrogen) atoms. The van der Waals surface area contributed by atoms with Crippen LogP contribution >= 0.6 is 0 Å². The molecule has 0 radical (unpaired) electrons. The second-order valence-corrected chi connectivity index (χ2v) is 7.72. The van der Waals surface area contributed by atoms with E-state index in [1.807, 2.05) is 0 Å². The van der Waals surface area contributed by atoms with Gasteiger partial charge in [-0.2, -0.15) is 18.4 Å². The molecule has 0 saturated carbocycles. The summed E-state index contributed by atoms with van der Waals surface area (Å²) in [4.78, 5) is 26.8. The molecule has 0 spiro atoms. The molecule has 9 heteroatoms. The van der Waals surface area contributed by atoms with Crippen molar-refractivity contribution < 1.29 is 27.5 Å². The Kier molecular flexibility index (Phi) is 3.38. The molecule has 3 fully saturated rings. The van der Waals surface area contributed by atoms with Gasteiger partial charge in [-0.1, -0.05) is 0 Å². The third-order valence-electron chi connectivity index (χ3n) is 6.08. The number of nitrogens with zero attached hydrogens (tertiary/aromatic N) is 2. The zero-order valence-electron chi connectivity index (χ0n) is 14.5. The van der Waals surface area contributed by atoms with Crippen molar-refractivity contribution >= 4 is 17.5 Å². The van der Waals surface area contributed by atoms with Gasteiger partial charge in [0.15, 0.2) is 0 Å². The fourth-order valence-electron chi connectivity index (χ4n) is 4.86. The molecule has 2 amide bonds. The van der Waals surface area contributed by atoms with Gasteiger partial charge in [0.2, 0.25) is 11.8 Å². The van der Waals surface area contributed by atoms with Crippen LogP contribution in [0.15, 0.2) is 18.2 Å². The highest BCUT2D eigenvalue weighted by Crippen LogP contribution is 2.60. The van der Waals surface area contributed by atoms with E-state index in [1.54, 1.807) is 13.8 Å². The normalized spacial score (nSPS) is 37.7. The minimum absolute atomic E-state index is 0.203. The number of hydrogen-bond donors (Lipinski definition) is 1. The van der Waals surface area contributed by atoms with Gasteiger partial charge in [-0.3, -0.25) is 9.59 Å². The van der Waals surface area contributed by atoms with Gasteiger partial charge in [-0.15, -0.1) is 0 Å². The summed E-state index contributed by atoms with van der Waals surface area (Å²) in [5.41, 5.74) is 2.18. The standard InChI is InChI=1S/C18H16F3N3O3/c1-16-6-11(23)17(2,27-16)13-12(16)14(25)24(15(13)26)9-4-3-8(7-22)10(5-9)18(19,20)21/h3-5,11-13H,6,23H2,1-2H3/t11-,12?,13?,16-,17+/m1/s1. The molecule has 3 aliphatic rings. The summed E-state index contributed by atoms with van der Waals surface area (Å²) in [5, 5.41) is 8.92. The van der Waals surface area contributed by atoms with E-state index in [0.29, 0.717) is 12.5 Å². The van der Waals surface area contributed by atoms with Crippen molar-refractivity contribution in [2.45, 2.75) is 43.7 Å². The predicted molar refractivity (Wildman–Crippen MR) is 86.1 cm³/mol. The summed E-state index contributed by atoms with van der Waals surface area (Å²) in [6, 6.07) is 3.84. The van der Waals surface area contributed by atoms with Gasteiger partial charge in [0.1, 0.15) is 0 Å². The summed E-state index contributed by atoms with van der Waals surface area (Å²) >= 11 is 0. The average molecular weight is 379 g/mol. The van der Waals surface area contributed by atoms with Crippen molar-refractivity contribution in [3.05, 3.63) is 29.3 Å². The lowest BCUT2D eigenvalue weighted by molar-refractivity contribution is -0.138. The molecule has 5 atom stereocenters. The maximum atomic E-state index is 13.3. The molecule has 1 aromatic rings. The number of benzene rings is 1. The molecular weight excluding hydrogens is 363 g/mol. The smallest absolute Gasteiger partial charge is 0.366 e. The Balaban J connectivity index is 1.81. The minimum atomic E-state index is -4.79. The van der Waals surface area contributed by atoms with Crippen LogP contribution in [0.2, 0.25) is 0 Å². The fourth-order valence-corrected chi connectivity index (χ4v) is 4.86. The van der Waals surface area contributed by atoms with E-state index in [-0.39, 0.29) is 5.69 Å². The highest BCUT2D eigenvalue weighted by atomic mass is 19.4. The highest BCUT2D eigenvalue weighted by Gasteiger charge is 2.75. The number of amides is 2. The summed E-state index contributed by atoms with van der Waals surface area (Å²) in [5.74, 6) is -2.85. The topological polar surface area (TPSA) is 96.4 Å². The number of hydrogen-bond acceptors (Lipinski definition) is 5. The fraction of sp³-hybridized carbons (Fsp3) is 0.500. The number of anilines is 1. The molecule has 2 N–H and O–H groups in total. The minimum Gasteiger partial charge on any atom is -0.366 e. The van der Waals surface area contributed by atoms with Crippen LogP contribution in [-0.4, -0.2) is 29.1 Å². The van der Waals surface area contributed by atoms with E-state index >= 15 is 0 Å². The largest absolute Gasteiger partial charge is 0.417 e. The number of rotatable bonds is 1. The van der Waals surface area contributed by atoms with Crippen molar-refractivity contribution in [2.24, 2.45) is 17.6 Å². The summed E-state index contributed by atoms with van der Waals surface area (Å²) in [7, 11) is 0. The number of nitriles is 1. The lowest BCUT2D eigenvalue weighted by Gasteiger charge is -2.32. The first-order valence-electron chi connectivity index (χ1n) is 8.39. The van der Waals surface area contributed by atoms with Gasteiger partial charge in [0.25, 0.3) is 0 Å². The van der Waals surface area contributed by atoms with Gasteiger partial charge in [-0.25, -0.2) is 4.90 Å². The molecule has 0 aliphatic carbocycles. The summed E-state index contributed by atoms with van der Waals surface area (Å²) in [6.07, 6.45) is -4.40. The first kappa shape index (κ1) is 17.9. The first-order valence-corrected chi connectivity index (χ1v) is 8.39. The molecule has 3 aliphatic heterocycles. The van der Waals surface area contributed by atoms with Gasteiger partial charge in [0.05, 0.1) is 45.9 Å². The van der Waals surface area contributed by atoms with Crippen molar-refractivity contribution in [2.75, 3.05) is 4.90 Å². The zero-order chi connectivity index (χ0) is 19.9. The zero-order valence-corrected chi connectivity index (χ0v) is 14.5. The molecule has 0 aromatic heterocycles. The Labute approximate surface area is 152 Å². The predicted octanol–water partition coefficient (Wildman–Crippen LogP) is 1.96. The molecule has 6 nitrogen and oxygen atoms in total. The van der Waals surface area contributed by atoms with Gasteiger partial charge >= 0.3 is 6.18 Å². The van der Waals surface area contributed by atoms with Crippen LogP contribution in [0.5, 0.6) is 0 Å². The van der Waals surface area contributed by atoms with Crippen molar-refractivity contribution in [3.8, 4) is 6.07 Å². The number of imide groups is 1. The maximum Gasteiger partial charge on any atom is 0.417 e. The Morgan fingerprint density at radius 2 is 1.89 bits per heavy atom. The third-order valence-corrected chi connectivity index (χ3v) is 6.08. The van der Waals surface area contributed by atoms with E-state index in [0.717, 1.165) is 11.0 Å². The SMILES string of the molecule is C[C@]12C[C@@H](N)[C@](C)(O1)C1C(=O)N(c3ccc(C#N)c(C(F)(F)F)c3)C(=O)C12. The average Bonchev–Trinajstić information content (AvgIpc) is 3.07. The first-order chi connectivity index (χ1) is 12.4. The number of fused-ring (bicyclic) bond motifs is 5. The Bertz CT molecular complexity index is 925. The lowest BCUT2D eigenvalue weighted by atomic mass is 9.67. The maximum absolute atomic E-state index is 13.3. The number of carbonyl (C=O) groups excluding carboxylic acids is 2. The molecule has 2 bridgehead atoms. The molecule has 3 saturated heterocycles. The van der Waals surface area contributed by atoms with Gasteiger partial charge in [-0.05, 0) is 38.5 Å². The lowest BCUT2D eigenvalue weighted by Crippen LogP contribution is -2.53. The van der Waals surface area contributed by atoms with Crippen molar-refractivity contribution in [3.63, 3.8) is 0 Å². The molecule has 1 aromatic carbocycles. The van der Waals surface area contributed by atoms with Crippen LogP contribution in [0, 0.1) is 23.2 Å². The molecular formula is C18H16F3N3O3. The second kappa shape index (κ2) is 5.09. The summed E-state index contributed by atoms with van der Waals surface area (Å²) in [6.45, 7) is 3.37. The number of carbonyl (C=O) groups is 2. The Morgan fingerprint density at radius 1 is 1.26 bits per heavy atom. The van der Waals surface area contributed by atoms with Crippen LogP contribution in [0.1, 0.15) is 31.4 Å². The number of ether oxygens (including phenoxy) is 1. The van der Waals surface area contributed by atoms with E-state index in [1.165, 1.54) is 12.1 Å². The number of alkyl halides is 3. The monoisotopic (exact) mass is 379 g/mol. The molecule has 4 rings (SSSR count). The third kappa shape index (κ3) is 2.14. The van der Waals surface area contributed by atoms with Gasteiger partial charge in [0, 0.05) is 6.04 Å². The van der Waals surface area contributed by atoms with Crippen molar-refractivity contribution in [1.29, 1.82) is 5.26 Å². The molecule has 2 unspecified atom stereocenters. The van der Waals surface area contributed by atoms with Crippen LogP contribution < -0.4 is 10.6 Å². The quantitative estimate of drug-likeness (QED) is 0.753. The number of halogens is 3. The second-order valence-electron chi connectivity index (χ2n) is 7.72. The van der Waals surface area contributed by atoms with E-state index < -0.39 is 58.2 Å². The van der Waals surface area contributed by atoms with Crippen LogP contribution in [0.25, 0.3) is 0 Å². The van der Waals surface area contributed by atoms with Crippen LogP contribution in [0.3, 0.4) is 0 Å².